The fraction of sp³-hybridized carbons (Fsp3) is 0.462. The molecule has 1 aromatic rings. The van der Waals surface area contributed by atoms with Gasteiger partial charge in [0.15, 0.2) is 5.84 Å². The van der Waals surface area contributed by atoms with Crippen molar-refractivity contribution in [2.75, 3.05) is 19.7 Å². The molecule has 0 radical (unpaired) electrons. The fourth-order valence-electron chi connectivity index (χ4n) is 1.93. The van der Waals surface area contributed by atoms with Gasteiger partial charge >= 0.3 is 0 Å². The normalized spacial score (nSPS) is 12.1. The second kappa shape index (κ2) is 7.70. The topological polar surface area (TPSA) is 82.1 Å². The molecule has 0 heterocycles. The molecule has 0 fully saturated rings. The van der Waals surface area contributed by atoms with E-state index >= 15 is 0 Å². The van der Waals surface area contributed by atoms with Gasteiger partial charge in [0.05, 0.1) is 6.61 Å². The number of amidine groups is 1. The highest BCUT2D eigenvalue weighted by molar-refractivity contribution is 5.97. The molecule has 1 rings (SSSR count). The summed E-state index contributed by atoms with van der Waals surface area (Å²) < 4.78 is 13.5. The Hall–Kier alpha value is -1.66. The summed E-state index contributed by atoms with van der Waals surface area (Å²) >= 11 is 0. The van der Waals surface area contributed by atoms with Gasteiger partial charge in [-0.05, 0) is 36.7 Å². The summed E-state index contributed by atoms with van der Waals surface area (Å²) in [6.45, 7) is 3.96. The number of benzene rings is 1. The number of aliphatic hydroxyl groups excluding tert-OH is 1. The molecule has 0 aliphatic heterocycles. The van der Waals surface area contributed by atoms with E-state index in [9.17, 15) is 4.39 Å². The number of hydrogen-bond acceptors (Lipinski definition) is 4. The first kappa shape index (κ1) is 15.4. The Bertz CT molecular complexity index is 432. The SMILES string of the molecule is CCCN(CCO)Cc1cc(F)cc(/C(N)=N/O)c1. The molecule has 0 amide bonds. The van der Waals surface area contributed by atoms with Gasteiger partial charge in [-0.25, -0.2) is 4.39 Å². The van der Waals surface area contributed by atoms with Crippen molar-refractivity contribution in [3.63, 3.8) is 0 Å². The molecule has 0 unspecified atom stereocenters. The number of nitrogens with two attached hydrogens (primary N) is 1. The Morgan fingerprint density at radius 1 is 1.37 bits per heavy atom. The lowest BCUT2D eigenvalue weighted by molar-refractivity contribution is 0.190. The summed E-state index contributed by atoms with van der Waals surface area (Å²) in [5.74, 6) is -0.551. The minimum absolute atomic E-state index is 0.0579. The molecule has 0 aliphatic carbocycles. The van der Waals surface area contributed by atoms with Gasteiger partial charge in [0.1, 0.15) is 5.82 Å². The van der Waals surface area contributed by atoms with E-state index in [1.165, 1.54) is 12.1 Å². The molecule has 106 valence electrons. The molecule has 0 aliphatic rings. The predicted octanol–water partition coefficient (Wildman–Crippen LogP) is 1.12. The van der Waals surface area contributed by atoms with Crippen LogP contribution in [0.2, 0.25) is 0 Å². The number of oxime groups is 1. The summed E-state index contributed by atoms with van der Waals surface area (Å²) in [5, 5.41) is 20.5. The number of hydrogen-bond donors (Lipinski definition) is 3. The first-order chi connectivity index (χ1) is 9.10. The van der Waals surface area contributed by atoms with Crippen LogP contribution in [0.1, 0.15) is 24.5 Å². The molecule has 0 aromatic heterocycles. The zero-order chi connectivity index (χ0) is 14.3. The van der Waals surface area contributed by atoms with Crippen molar-refractivity contribution in [1.82, 2.24) is 4.90 Å². The van der Waals surface area contributed by atoms with Crippen LogP contribution in [0, 0.1) is 5.82 Å². The van der Waals surface area contributed by atoms with E-state index < -0.39 is 5.82 Å². The van der Waals surface area contributed by atoms with Crippen LogP contribution in [-0.2, 0) is 6.54 Å². The maximum atomic E-state index is 13.5. The fourth-order valence-corrected chi connectivity index (χ4v) is 1.93. The third-order valence-electron chi connectivity index (χ3n) is 2.72. The second-order valence-electron chi connectivity index (χ2n) is 4.33. The van der Waals surface area contributed by atoms with Crippen LogP contribution in [-0.4, -0.2) is 40.7 Å². The van der Waals surface area contributed by atoms with Crippen LogP contribution >= 0.6 is 0 Å². The molecule has 4 N–H and O–H groups in total. The molecular weight excluding hydrogens is 249 g/mol. The summed E-state index contributed by atoms with van der Waals surface area (Å²) in [6.07, 6.45) is 0.947. The van der Waals surface area contributed by atoms with Gasteiger partial charge in [-0.1, -0.05) is 12.1 Å². The quantitative estimate of drug-likeness (QED) is 0.300. The summed E-state index contributed by atoms with van der Waals surface area (Å²) in [7, 11) is 0. The number of aliphatic hydroxyl groups is 1. The van der Waals surface area contributed by atoms with E-state index in [-0.39, 0.29) is 12.4 Å². The van der Waals surface area contributed by atoms with Crippen molar-refractivity contribution in [3.8, 4) is 0 Å². The van der Waals surface area contributed by atoms with Crippen molar-refractivity contribution in [2.45, 2.75) is 19.9 Å². The monoisotopic (exact) mass is 269 g/mol. The van der Waals surface area contributed by atoms with Crippen LogP contribution < -0.4 is 5.73 Å². The Balaban J connectivity index is 2.90. The average Bonchev–Trinajstić information content (AvgIpc) is 2.37. The summed E-state index contributed by atoms with van der Waals surface area (Å²) in [6, 6.07) is 4.31. The first-order valence-electron chi connectivity index (χ1n) is 6.21. The van der Waals surface area contributed by atoms with Crippen LogP contribution in [0.4, 0.5) is 4.39 Å². The standard InChI is InChI=1S/C13H20FN3O2/c1-2-3-17(4-5-18)9-10-6-11(13(15)16-19)8-12(14)7-10/h6-8,18-19H,2-5,9H2,1H3,(H2,15,16). The van der Waals surface area contributed by atoms with Crippen molar-refractivity contribution in [1.29, 1.82) is 0 Å². The van der Waals surface area contributed by atoms with Gasteiger partial charge in [0.2, 0.25) is 0 Å². The lowest BCUT2D eigenvalue weighted by Gasteiger charge is -2.20. The maximum absolute atomic E-state index is 13.5. The number of halogens is 1. The van der Waals surface area contributed by atoms with Crippen LogP contribution in [0.15, 0.2) is 23.4 Å². The van der Waals surface area contributed by atoms with Crippen molar-refractivity contribution in [2.24, 2.45) is 10.9 Å². The molecular formula is C13H20FN3O2. The van der Waals surface area contributed by atoms with E-state index in [0.717, 1.165) is 18.5 Å². The Morgan fingerprint density at radius 3 is 2.68 bits per heavy atom. The van der Waals surface area contributed by atoms with Crippen molar-refractivity contribution in [3.05, 3.63) is 35.1 Å². The lowest BCUT2D eigenvalue weighted by Crippen LogP contribution is -2.27. The molecule has 19 heavy (non-hydrogen) atoms. The van der Waals surface area contributed by atoms with Gasteiger partial charge in [0, 0.05) is 18.7 Å². The van der Waals surface area contributed by atoms with E-state index in [4.69, 9.17) is 16.0 Å². The number of rotatable bonds is 7. The highest BCUT2D eigenvalue weighted by Crippen LogP contribution is 2.12. The summed E-state index contributed by atoms with van der Waals surface area (Å²) in [5.41, 5.74) is 6.53. The number of nitrogens with zero attached hydrogens (tertiary/aromatic N) is 2. The smallest absolute Gasteiger partial charge is 0.170 e. The van der Waals surface area contributed by atoms with E-state index in [0.29, 0.717) is 18.7 Å². The molecule has 1 aromatic carbocycles. The molecule has 0 saturated heterocycles. The van der Waals surface area contributed by atoms with Crippen LogP contribution in [0.5, 0.6) is 0 Å². The molecule has 0 saturated carbocycles. The Kier molecular flexibility index (Phi) is 6.24. The second-order valence-corrected chi connectivity index (χ2v) is 4.33. The van der Waals surface area contributed by atoms with Gasteiger partial charge in [-0.2, -0.15) is 0 Å². The third-order valence-corrected chi connectivity index (χ3v) is 2.72. The summed E-state index contributed by atoms with van der Waals surface area (Å²) in [4.78, 5) is 2.02. The van der Waals surface area contributed by atoms with E-state index in [1.54, 1.807) is 6.07 Å². The van der Waals surface area contributed by atoms with Crippen molar-refractivity contribution < 1.29 is 14.7 Å². The molecule has 0 atom stereocenters. The van der Waals surface area contributed by atoms with Crippen LogP contribution in [0.25, 0.3) is 0 Å². The van der Waals surface area contributed by atoms with Crippen molar-refractivity contribution >= 4 is 5.84 Å². The average molecular weight is 269 g/mol. The van der Waals surface area contributed by atoms with Gasteiger partial charge < -0.3 is 16.0 Å². The third kappa shape index (κ3) is 4.84. The molecule has 6 heteroatoms. The zero-order valence-electron chi connectivity index (χ0n) is 11.0. The van der Waals surface area contributed by atoms with E-state index in [1.807, 2.05) is 11.8 Å². The van der Waals surface area contributed by atoms with Gasteiger partial charge in [-0.3, -0.25) is 4.90 Å². The largest absolute Gasteiger partial charge is 0.409 e. The predicted molar refractivity (Wildman–Crippen MR) is 71.6 cm³/mol. The van der Waals surface area contributed by atoms with Gasteiger partial charge in [-0.15, -0.1) is 0 Å². The maximum Gasteiger partial charge on any atom is 0.170 e. The molecule has 0 bridgehead atoms. The minimum atomic E-state index is -0.431. The highest BCUT2D eigenvalue weighted by Gasteiger charge is 2.09. The van der Waals surface area contributed by atoms with Crippen LogP contribution in [0.3, 0.4) is 0 Å². The minimum Gasteiger partial charge on any atom is -0.409 e. The molecule has 0 spiro atoms. The molecule has 5 nitrogen and oxygen atoms in total. The van der Waals surface area contributed by atoms with E-state index in [2.05, 4.69) is 5.16 Å². The lowest BCUT2D eigenvalue weighted by atomic mass is 10.1. The first-order valence-corrected chi connectivity index (χ1v) is 6.21. The zero-order valence-corrected chi connectivity index (χ0v) is 11.0. The Labute approximate surface area is 112 Å². The Morgan fingerprint density at radius 2 is 2.11 bits per heavy atom. The highest BCUT2D eigenvalue weighted by atomic mass is 19.1. The van der Waals surface area contributed by atoms with Gasteiger partial charge in [0.25, 0.3) is 0 Å².